The molecule has 0 aliphatic carbocycles. The van der Waals surface area contributed by atoms with E-state index in [2.05, 4.69) is 10.6 Å². The van der Waals surface area contributed by atoms with E-state index in [0.29, 0.717) is 12.1 Å². The summed E-state index contributed by atoms with van der Waals surface area (Å²) in [4.78, 5) is 42.6. The lowest BCUT2D eigenvalue weighted by Gasteiger charge is -2.38. The summed E-state index contributed by atoms with van der Waals surface area (Å²) < 4.78 is 5.46. The Hall–Kier alpha value is -3.35. The molecule has 2 unspecified atom stereocenters. The number of hydrogen-bond donors (Lipinski definition) is 2. The van der Waals surface area contributed by atoms with Crippen molar-refractivity contribution in [3.63, 3.8) is 0 Å². The molecule has 0 aromatic heterocycles. The Kier molecular flexibility index (Phi) is 10.5. The van der Waals surface area contributed by atoms with Gasteiger partial charge in [0.15, 0.2) is 0 Å². The Labute approximate surface area is 228 Å². The third-order valence-electron chi connectivity index (χ3n) is 6.25. The maximum atomic E-state index is 14.3. The number of anilines is 1. The van der Waals surface area contributed by atoms with Crippen LogP contribution in [0, 0.1) is 26.7 Å². The third-order valence-corrected chi connectivity index (χ3v) is 6.25. The summed E-state index contributed by atoms with van der Waals surface area (Å²) >= 11 is 0. The lowest BCUT2D eigenvalue weighted by atomic mass is 9.92. The summed E-state index contributed by atoms with van der Waals surface area (Å²) in [6, 6.07) is 11.3. The van der Waals surface area contributed by atoms with Gasteiger partial charge in [0.1, 0.15) is 17.7 Å². The smallest absolute Gasteiger partial charge is 0.408 e. The summed E-state index contributed by atoms with van der Waals surface area (Å²) in [6.07, 6.45) is -0.256. The van der Waals surface area contributed by atoms with Gasteiger partial charge in [-0.15, -0.1) is 0 Å². The van der Waals surface area contributed by atoms with Crippen LogP contribution >= 0.6 is 0 Å². The van der Waals surface area contributed by atoms with Crippen molar-refractivity contribution >= 4 is 23.6 Å². The predicted octanol–water partition coefficient (Wildman–Crippen LogP) is 6.47. The van der Waals surface area contributed by atoms with Gasteiger partial charge < -0.3 is 20.3 Å². The molecule has 0 heterocycles. The summed E-state index contributed by atoms with van der Waals surface area (Å²) in [7, 11) is 0. The molecule has 0 saturated heterocycles. The molecular weight excluding hydrogens is 478 g/mol. The van der Waals surface area contributed by atoms with Crippen molar-refractivity contribution in [1.82, 2.24) is 10.2 Å². The Morgan fingerprint density at radius 3 is 1.92 bits per heavy atom. The number of nitrogens with zero attached hydrogens (tertiary/aromatic N) is 1. The first kappa shape index (κ1) is 30.9. The van der Waals surface area contributed by atoms with E-state index >= 15 is 0 Å². The van der Waals surface area contributed by atoms with Gasteiger partial charge in [-0.1, -0.05) is 50.2 Å². The average molecular weight is 524 g/mol. The van der Waals surface area contributed by atoms with E-state index in [0.717, 1.165) is 22.3 Å². The van der Waals surface area contributed by atoms with Gasteiger partial charge in [-0.3, -0.25) is 9.59 Å². The monoisotopic (exact) mass is 523 g/mol. The Bertz CT molecular complexity index is 1110. The SMILES string of the molecule is Cc1ccccc1NC(=O)C(c1c(C)cccc1C)N(C(=O)C(CC(C)C)NC(=O)OC(C)(C)C)C(C)C. The second-order valence-electron chi connectivity index (χ2n) is 11.7. The zero-order valence-electron chi connectivity index (χ0n) is 24.6. The molecule has 0 saturated carbocycles. The van der Waals surface area contributed by atoms with Gasteiger partial charge in [-0.25, -0.2) is 4.79 Å². The number of para-hydroxylation sites is 1. The molecule has 0 aliphatic heterocycles. The van der Waals surface area contributed by atoms with Crippen LogP contribution in [0.15, 0.2) is 42.5 Å². The van der Waals surface area contributed by atoms with Crippen LogP contribution in [-0.4, -0.2) is 40.5 Å². The second kappa shape index (κ2) is 12.9. The predicted molar refractivity (Wildman–Crippen MR) is 153 cm³/mol. The van der Waals surface area contributed by atoms with Gasteiger partial charge in [-0.2, -0.15) is 0 Å². The first-order valence-corrected chi connectivity index (χ1v) is 13.4. The van der Waals surface area contributed by atoms with Gasteiger partial charge in [0.25, 0.3) is 5.91 Å². The number of nitrogens with one attached hydrogen (secondary N) is 2. The Balaban J connectivity index is 2.60. The standard InChI is InChI=1S/C31H45N3O4/c1-19(2)18-25(33-30(37)38-31(8,9)10)29(36)34(20(3)4)27(26-22(6)15-13-16-23(26)7)28(35)32-24-17-12-11-14-21(24)5/h11-17,19-20,25,27H,18H2,1-10H3,(H,32,35)(H,33,37). The van der Waals surface area contributed by atoms with Crippen molar-refractivity contribution in [2.24, 2.45) is 5.92 Å². The highest BCUT2D eigenvalue weighted by atomic mass is 16.6. The molecule has 2 aromatic rings. The molecular formula is C31H45N3O4. The lowest BCUT2D eigenvalue weighted by molar-refractivity contribution is -0.143. The molecule has 208 valence electrons. The molecule has 0 radical (unpaired) electrons. The van der Waals surface area contributed by atoms with Crippen LogP contribution in [0.4, 0.5) is 10.5 Å². The van der Waals surface area contributed by atoms with Crippen LogP contribution in [-0.2, 0) is 14.3 Å². The molecule has 7 heteroatoms. The number of hydrogen-bond acceptors (Lipinski definition) is 4. The van der Waals surface area contributed by atoms with Crippen molar-refractivity contribution < 1.29 is 19.1 Å². The zero-order valence-corrected chi connectivity index (χ0v) is 24.6. The second-order valence-corrected chi connectivity index (χ2v) is 11.7. The molecule has 2 rings (SSSR count). The van der Waals surface area contributed by atoms with E-state index < -0.39 is 23.8 Å². The number of carbonyl (C=O) groups excluding carboxylic acids is 3. The van der Waals surface area contributed by atoms with Crippen molar-refractivity contribution in [3.05, 3.63) is 64.7 Å². The lowest BCUT2D eigenvalue weighted by Crippen LogP contribution is -2.55. The highest BCUT2D eigenvalue weighted by Gasteiger charge is 2.39. The van der Waals surface area contributed by atoms with Crippen LogP contribution in [0.2, 0.25) is 0 Å². The van der Waals surface area contributed by atoms with Gasteiger partial charge in [0, 0.05) is 11.7 Å². The van der Waals surface area contributed by atoms with E-state index in [1.807, 2.05) is 90.9 Å². The molecule has 3 amide bonds. The molecule has 0 aliphatic rings. The minimum Gasteiger partial charge on any atom is -0.444 e. The van der Waals surface area contributed by atoms with Gasteiger partial charge >= 0.3 is 6.09 Å². The Morgan fingerprint density at radius 2 is 1.42 bits per heavy atom. The van der Waals surface area contributed by atoms with Crippen LogP contribution in [0.5, 0.6) is 0 Å². The van der Waals surface area contributed by atoms with Crippen molar-refractivity contribution in [2.45, 2.75) is 99.4 Å². The average Bonchev–Trinajstić information content (AvgIpc) is 2.77. The van der Waals surface area contributed by atoms with Crippen molar-refractivity contribution in [3.8, 4) is 0 Å². The normalized spacial score (nSPS) is 13.2. The fourth-order valence-corrected chi connectivity index (χ4v) is 4.57. The van der Waals surface area contributed by atoms with E-state index in [1.54, 1.807) is 25.7 Å². The first-order chi connectivity index (χ1) is 17.6. The third kappa shape index (κ3) is 8.33. The molecule has 38 heavy (non-hydrogen) atoms. The minimum atomic E-state index is -0.904. The molecule has 2 aromatic carbocycles. The fourth-order valence-electron chi connectivity index (χ4n) is 4.57. The molecule has 0 fully saturated rings. The number of aryl methyl sites for hydroxylation is 3. The summed E-state index contributed by atoms with van der Waals surface area (Å²) in [6.45, 7) is 18.9. The minimum absolute atomic E-state index is 0.118. The topological polar surface area (TPSA) is 87.7 Å². The molecule has 2 N–H and O–H groups in total. The summed E-state index contributed by atoms with van der Waals surface area (Å²) in [5, 5.41) is 5.85. The van der Waals surface area contributed by atoms with Gasteiger partial charge in [0.05, 0.1) is 0 Å². The van der Waals surface area contributed by atoms with Gasteiger partial charge in [0.2, 0.25) is 5.91 Å². The van der Waals surface area contributed by atoms with Crippen molar-refractivity contribution in [2.75, 3.05) is 5.32 Å². The molecule has 0 spiro atoms. The van der Waals surface area contributed by atoms with E-state index in [1.165, 1.54) is 0 Å². The van der Waals surface area contributed by atoms with Crippen LogP contribution in [0.3, 0.4) is 0 Å². The number of ether oxygens (including phenoxy) is 1. The molecule has 0 bridgehead atoms. The largest absolute Gasteiger partial charge is 0.444 e. The highest BCUT2D eigenvalue weighted by molar-refractivity contribution is 6.00. The number of alkyl carbamates (subject to hydrolysis) is 1. The highest BCUT2D eigenvalue weighted by Crippen LogP contribution is 2.32. The maximum Gasteiger partial charge on any atom is 0.408 e. The summed E-state index contributed by atoms with van der Waals surface area (Å²) in [5.41, 5.74) is 3.51. The maximum absolute atomic E-state index is 14.3. The summed E-state index contributed by atoms with van der Waals surface area (Å²) in [5.74, 6) is -0.515. The van der Waals surface area contributed by atoms with Crippen LogP contribution in [0.1, 0.15) is 83.2 Å². The Morgan fingerprint density at radius 1 is 0.868 bits per heavy atom. The van der Waals surface area contributed by atoms with Crippen molar-refractivity contribution in [1.29, 1.82) is 0 Å². The van der Waals surface area contributed by atoms with Gasteiger partial charge in [-0.05, 0) is 96.0 Å². The van der Waals surface area contributed by atoms with E-state index in [9.17, 15) is 14.4 Å². The quantitative estimate of drug-likeness (QED) is 0.394. The molecule has 7 nitrogen and oxygen atoms in total. The number of carbonyl (C=O) groups is 3. The van der Waals surface area contributed by atoms with E-state index in [4.69, 9.17) is 4.74 Å². The first-order valence-electron chi connectivity index (χ1n) is 13.4. The zero-order chi connectivity index (χ0) is 28.8. The fraction of sp³-hybridized carbons (Fsp3) is 0.516. The number of benzene rings is 2. The van der Waals surface area contributed by atoms with Crippen LogP contribution in [0.25, 0.3) is 0 Å². The van der Waals surface area contributed by atoms with E-state index in [-0.39, 0.29) is 23.8 Å². The molecule has 2 atom stereocenters. The van der Waals surface area contributed by atoms with Crippen LogP contribution < -0.4 is 10.6 Å². The number of rotatable bonds is 9. The number of amides is 3.